The quantitative estimate of drug-likeness (QED) is 0.899. The zero-order chi connectivity index (χ0) is 16.9. The van der Waals surface area contributed by atoms with Gasteiger partial charge in [-0.3, -0.25) is 9.59 Å². The van der Waals surface area contributed by atoms with Crippen LogP contribution < -0.4 is 5.32 Å². The van der Waals surface area contributed by atoms with Crippen LogP contribution in [0.15, 0.2) is 28.2 Å². The summed E-state index contributed by atoms with van der Waals surface area (Å²) in [6.45, 7) is 1.89. The van der Waals surface area contributed by atoms with E-state index >= 15 is 0 Å². The number of carbonyl (C=O) groups excluding carboxylic acids is 2. The summed E-state index contributed by atoms with van der Waals surface area (Å²) in [6, 6.07) is 3.41. The van der Waals surface area contributed by atoms with Gasteiger partial charge in [0, 0.05) is 11.4 Å². The summed E-state index contributed by atoms with van der Waals surface area (Å²) in [6.07, 6.45) is 6.68. The number of nitrogens with one attached hydrogen (secondary N) is 1. The Bertz CT molecular complexity index is 690. The average molecular weight is 347 g/mol. The van der Waals surface area contributed by atoms with Crippen LogP contribution in [-0.2, 0) is 4.79 Å². The van der Waals surface area contributed by atoms with Gasteiger partial charge in [0.2, 0.25) is 5.91 Å². The van der Waals surface area contributed by atoms with Gasteiger partial charge in [-0.2, -0.15) is 0 Å². The van der Waals surface area contributed by atoms with Crippen molar-refractivity contribution in [2.24, 2.45) is 0 Å². The van der Waals surface area contributed by atoms with Gasteiger partial charge in [-0.05, 0) is 31.9 Å². The van der Waals surface area contributed by atoms with Crippen molar-refractivity contribution in [2.45, 2.75) is 45.1 Å². The summed E-state index contributed by atoms with van der Waals surface area (Å²) in [4.78, 5) is 31.0. The Labute approximate surface area is 144 Å². The molecule has 2 heterocycles. The van der Waals surface area contributed by atoms with Crippen molar-refractivity contribution in [3.63, 3.8) is 0 Å². The number of thiazole rings is 1. The van der Waals surface area contributed by atoms with Crippen molar-refractivity contribution < 1.29 is 14.0 Å². The van der Waals surface area contributed by atoms with Gasteiger partial charge >= 0.3 is 0 Å². The monoisotopic (exact) mass is 347 g/mol. The van der Waals surface area contributed by atoms with Crippen LogP contribution >= 0.6 is 11.3 Å². The maximum absolute atomic E-state index is 12.7. The zero-order valence-corrected chi connectivity index (χ0v) is 14.5. The van der Waals surface area contributed by atoms with Gasteiger partial charge in [0.05, 0.1) is 12.0 Å². The molecule has 1 aliphatic carbocycles. The number of nitrogens with zero attached hydrogens (tertiary/aromatic N) is 2. The van der Waals surface area contributed by atoms with E-state index in [-0.39, 0.29) is 30.2 Å². The van der Waals surface area contributed by atoms with Crippen LogP contribution in [0.2, 0.25) is 0 Å². The molecule has 2 aromatic heterocycles. The first-order chi connectivity index (χ1) is 11.6. The summed E-state index contributed by atoms with van der Waals surface area (Å²) in [5, 5.41) is 5.22. The molecular formula is C17H21N3O3S. The van der Waals surface area contributed by atoms with E-state index in [9.17, 15) is 9.59 Å². The topological polar surface area (TPSA) is 75.4 Å². The lowest BCUT2D eigenvalue weighted by molar-refractivity contribution is -0.117. The van der Waals surface area contributed by atoms with E-state index in [4.69, 9.17) is 4.42 Å². The fourth-order valence-electron chi connectivity index (χ4n) is 3.03. The number of aromatic nitrogens is 1. The van der Waals surface area contributed by atoms with Gasteiger partial charge < -0.3 is 14.6 Å². The molecule has 0 atom stereocenters. The van der Waals surface area contributed by atoms with Crippen LogP contribution in [-0.4, -0.2) is 34.3 Å². The molecule has 1 aliphatic rings. The molecule has 7 heteroatoms. The smallest absolute Gasteiger partial charge is 0.290 e. The lowest BCUT2D eigenvalue weighted by Gasteiger charge is -2.33. The molecule has 0 unspecified atom stereocenters. The summed E-state index contributed by atoms with van der Waals surface area (Å²) in [7, 11) is 0. The standard InChI is InChI=1S/C17H21N3O3S/c1-12-11-24-17(18-12)19-15(21)10-20(13-6-3-2-4-7-13)16(22)14-8-5-9-23-14/h5,8-9,11,13H,2-4,6-7,10H2,1H3,(H,18,19,21). The number of amides is 2. The Morgan fingerprint density at radius 2 is 2.17 bits per heavy atom. The highest BCUT2D eigenvalue weighted by Gasteiger charge is 2.29. The molecule has 0 radical (unpaired) electrons. The Balaban J connectivity index is 1.71. The highest BCUT2D eigenvalue weighted by molar-refractivity contribution is 7.13. The second-order valence-corrected chi connectivity index (χ2v) is 6.90. The highest BCUT2D eigenvalue weighted by atomic mass is 32.1. The van der Waals surface area contributed by atoms with Crippen LogP contribution in [0, 0.1) is 6.92 Å². The van der Waals surface area contributed by atoms with Crippen LogP contribution in [0.25, 0.3) is 0 Å². The minimum atomic E-state index is -0.227. The van der Waals surface area contributed by atoms with E-state index in [0.717, 1.165) is 31.4 Å². The number of anilines is 1. The lowest BCUT2D eigenvalue weighted by atomic mass is 9.94. The van der Waals surface area contributed by atoms with Crippen molar-refractivity contribution in [1.82, 2.24) is 9.88 Å². The van der Waals surface area contributed by atoms with Gasteiger partial charge in [0.15, 0.2) is 10.9 Å². The first-order valence-electron chi connectivity index (χ1n) is 8.20. The predicted octanol–water partition coefficient (Wildman–Crippen LogP) is 3.46. The molecule has 0 aromatic carbocycles. The molecule has 1 fully saturated rings. The largest absolute Gasteiger partial charge is 0.459 e. The number of hydrogen-bond donors (Lipinski definition) is 1. The van der Waals surface area contributed by atoms with Gasteiger partial charge in [0.25, 0.3) is 5.91 Å². The Kier molecular flexibility index (Phi) is 5.30. The minimum Gasteiger partial charge on any atom is -0.459 e. The van der Waals surface area contributed by atoms with Crippen molar-refractivity contribution in [2.75, 3.05) is 11.9 Å². The minimum absolute atomic E-state index is 0.0167. The maximum atomic E-state index is 12.7. The molecule has 2 aromatic rings. The Hall–Kier alpha value is -2.15. The Morgan fingerprint density at radius 1 is 1.38 bits per heavy atom. The number of rotatable bonds is 5. The molecule has 24 heavy (non-hydrogen) atoms. The van der Waals surface area contributed by atoms with Gasteiger partial charge in [0.1, 0.15) is 6.54 Å². The molecule has 128 valence electrons. The number of aryl methyl sites for hydroxylation is 1. The van der Waals surface area contributed by atoms with Crippen molar-refractivity contribution in [1.29, 1.82) is 0 Å². The van der Waals surface area contributed by atoms with Crippen LogP contribution in [0.1, 0.15) is 48.4 Å². The molecule has 6 nitrogen and oxygen atoms in total. The van der Waals surface area contributed by atoms with E-state index in [0.29, 0.717) is 5.13 Å². The Morgan fingerprint density at radius 3 is 2.79 bits per heavy atom. The van der Waals surface area contributed by atoms with Crippen molar-refractivity contribution in [3.05, 3.63) is 35.2 Å². The molecule has 1 N–H and O–H groups in total. The normalized spacial score (nSPS) is 15.2. The maximum Gasteiger partial charge on any atom is 0.290 e. The molecule has 1 saturated carbocycles. The number of carbonyl (C=O) groups is 2. The predicted molar refractivity (Wildman–Crippen MR) is 92.1 cm³/mol. The van der Waals surface area contributed by atoms with E-state index in [2.05, 4.69) is 10.3 Å². The third-order valence-electron chi connectivity index (χ3n) is 4.19. The first kappa shape index (κ1) is 16.7. The van der Waals surface area contributed by atoms with Gasteiger partial charge in [-0.15, -0.1) is 11.3 Å². The van der Waals surface area contributed by atoms with E-state index < -0.39 is 0 Å². The zero-order valence-electron chi connectivity index (χ0n) is 13.7. The fourth-order valence-corrected chi connectivity index (χ4v) is 3.73. The second kappa shape index (κ2) is 7.61. The SMILES string of the molecule is Cc1csc(NC(=O)CN(C(=O)c2ccco2)C2CCCCC2)n1. The third kappa shape index (κ3) is 4.03. The fraction of sp³-hybridized carbons (Fsp3) is 0.471. The number of hydrogen-bond acceptors (Lipinski definition) is 5. The second-order valence-electron chi connectivity index (χ2n) is 6.04. The van der Waals surface area contributed by atoms with Crippen LogP contribution in [0.3, 0.4) is 0 Å². The molecular weight excluding hydrogens is 326 g/mol. The van der Waals surface area contributed by atoms with Crippen LogP contribution in [0.5, 0.6) is 0 Å². The number of furan rings is 1. The molecule has 0 saturated heterocycles. The highest BCUT2D eigenvalue weighted by Crippen LogP contribution is 2.24. The van der Waals surface area contributed by atoms with Crippen molar-refractivity contribution in [3.8, 4) is 0 Å². The first-order valence-corrected chi connectivity index (χ1v) is 9.08. The summed E-state index contributed by atoms with van der Waals surface area (Å²) in [5.74, 6) is -0.175. The molecule has 0 aliphatic heterocycles. The summed E-state index contributed by atoms with van der Waals surface area (Å²) < 4.78 is 5.24. The summed E-state index contributed by atoms with van der Waals surface area (Å²) >= 11 is 1.38. The summed E-state index contributed by atoms with van der Waals surface area (Å²) in [5.41, 5.74) is 0.867. The van der Waals surface area contributed by atoms with Crippen LogP contribution in [0.4, 0.5) is 5.13 Å². The average Bonchev–Trinajstić information content (AvgIpc) is 3.25. The van der Waals surface area contributed by atoms with Gasteiger partial charge in [-0.25, -0.2) is 4.98 Å². The van der Waals surface area contributed by atoms with E-state index in [1.54, 1.807) is 17.0 Å². The molecule has 3 rings (SSSR count). The lowest BCUT2D eigenvalue weighted by Crippen LogP contribution is -2.45. The van der Waals surface area contributed by atoms with Gasteiger partial charge in [-0.1, -0.05) is 19.3 Å². The third-order valence-corrected chi connectivity index (χ3v) is 5.06. The van der Waals surface area contributed by atoms with E-state index in [1.807, 2.05) is 12.3 Å². The molecule has 0 spiro atoms. The van der Waals surface area contributed by atoms with E-state index in [1.165, 1.54) is 24.0 Å². The molecule has 0 bridgehead atoms. The van der Waals surface area contributed by atoms with Crippen molar-refractivity contribution >= 4 is 28.3 Å². The molecule has 2 amide bonds.